The van der Waals surface area contributed by atoms with Crippen molar-refractivity contribution in [2.24, 2.45) is 0 Å². The van der Waals surface area contributed by atoms with E-state index in [9.17, 15) is 9.59 Å². The Morgan fingerprint density at radius 3 is 2.71 bits per heavy atom. The highest BCUT2D eigenvalue weighted by molar-refractivity contribution is 5.96. The third-order valence-corrected chi connectivity index (χ3v) is 1.59. The molecule has 0 fully saturated rings. The molecule has 0 amide bonds. The van der Waals surface area contributed by atoms with E-state index in [-0.39, 0.29) is 0 Å². The number of rotatable bonds is 2. The molecular formula is C11H10O3. The van der Waals surface area contributed by atoms with E-state index in [4.69, 9.17) is 0 Å². The van der Waals surface area contributed by atoms with Gasteiger partial charge in [-0.3, -0.25) is 4.79 Å². The van der Waals surface area contributed by atoms with Crippen LogP contribution in [0.4, 0.5) is 0 Å². The van der Waals surface area contributed by atoms with Gasteiger partial charge in [-0.05, 0) is 17.7 Å². The van der Waals surface area contributed by atoms with E-state index in [0.29, 0.717) is 5.56 Å². The molecule has 72 valence electrons. The number of carbonyl (C=O) groups is 2. The smallest absolute Gasteiger partial charge is 0.345 e. The molecule has 0 unspecified atom stereocenters. The molecule has 0 aliphatic rings. The maximum absolute atomic E-state index is 11.2. The predicted octanol–water partition coefficient (Wildman–Crippen LogP) is 2.03. The maximum Gasteiger partial charge on any atom is 0.345 e. The molecule has 1 aromatic carbocycles. The van der Waals surface area contributed by atoms with Crippen molar-refractivity contribution < 1.29 is 14.3 Å². The minimum Gasteiger partial charge on any atom is -0.390 e. The first kappa shape index (κ1) is 10.2. The minimum atomic E-state index is -0.638. The minimum absolute atomic E-state index is 0.345. The quantitative estimate of drug-likeness (QED) is 0.529. The molecule has 3 nitrogen and oxygen atoms in total. The number of hydrogen-bond acceptors (Lipinski definition) is 3. The number of carbonyl (C=O) groups excluding carboxylic acids is 2. The van der Waals surface area contributed by atoms with Crippen molar-refractivity contribution in [1.29, 1.82) is 0 Å². The number of ether oxygens (including phenoxy) is 1. The van der Waals surface area contributed by atoms with Gasteiger partial charge < -0.3 is 4.74 Å². The van der Waals surface area contributed by atoms with Crippen LogP contribution in [0.5, 0.6) is 0 Å². The summed E-state index contributed by atoms with van der Waals surface area (Å²) in [4.78, 5) is 21.8. The van der Waals surface area contributed by atoms with Crippen LogP contribution in [0.25, 0.3) is 6.08 Å². The van der Waals surface area contributed by atoms with E-state index in [1.54, 1.807) is 30.3 Å². The Morgan fingerprint density at radius 1 is 1.43 bits per heavy atom. The molecular weight excluding hydrogens is 180 g/mol. The molecule has 0 aromatic heterocycles. The Morgan fingerprint density at radius 2 is 2.14 bits per heavy atom. The van der Waals surface area contributed by atoms with Gasteiger partial charge in [0.05, 0.1) is 5.56 Å². The van der Waals surface area contributed by atoms with Crippen LogP contribution in [0.15, 0.2) is 30.8 Å². The Labute approximate surface area is 82.0 Å². The summed E-state index contributed by atoms with van der Waals surface area (Å²) in [5.74, 6) is -1.25. The zero-order chi connectivity index (χ0) is 10.6. The van der Waals surface area contributed by atoms with Gasteiger partial charge >= 0.3 is 11.9 Å². The second-order valence-electron chi connectivity index (χ2n) is 2.71. The van der Waals surface area contributed by atoms with Crippen LogP contribution in [-0.2, 0) is 9.53 Å². The van der Waals surface area contributed by atoms with Gasteiger partial charge in [0.1, 0.15) is 0 Å². The van der Waals surface area contributed by atoms with Crippen LogP contribution < -0.4 is 0 Å². The molecule has 1 aromatic rings. The fourth-order valence-electron chi connectivity index (χ4n) is 0.982. The van der Waals surface area contributed by atoms with Gasteiger partial charge in [0.2, 0.25) is 0 Å². The predicted molar refractivity (Wildman–Crippen MR) is 52.6 cm³/mol. The molecule has 3 heteroatoms. The Hall–Kier alpha value is -1.90. The molecule has 0 atom stereocenters. The van der Waals surface area contributed by atoms with E-state index >= 15 is 0 Å². The second kappa shape index (κ2) is 4.37. The van der Waals surface area contributed by atoms with E-state index in [1.165, 1.54) is 6.92 Å². The van der Waals surface area contributed by atoms with E-state index in [2.05, 4.69) is 11.3 Å². The topological polar surface area (TPSA) is 43.4 Å². The monoisotopic (exact) mass is 190 g/mol. The summed E-state index contributed by atoms with van der Waals surface area (Å²) in [6.07, 6.45) is 1.62. The normalized spacial score (nSPS) is 9.21. The molecule has 0 N–H and O–H groups in total. The average molecular weight is 190 g/mol. The van der Waals surface area contributed by atoms with Crippen molar-refractivity contribution in [3.05, 3.63) is 42.0 Å². The fourth-order valence-corrected chi connectivity index (χ4v) is 0.982. The maximum atomic E-state index is 11.2. The molecule has 0 heterocycles. The van der Waals surface area contributed by atoms with E-state index < -0.39 is 11.9 Å². The van der Waals surface area contributed by atoms with Gasteiger partial charge in [-0.25, -0.2) is 4.79 Å². The Kier molecular flexibility index (Phi) is 3.18. The highest BCUT2D eigenvalue weighted by Crippen LogP contribution is 2.07. The van der Waals surface area contributed by atoms with Crippen molar-refractivity contribution in [2.75, 3.05) is 0 Å². The fraction of sp³-hybridized carbons (Fsp3) is 0.0909. The largest absolute Gasteiger partial charge is 0.390 e. The van der Waals surface area contributed by atoms with Crippen LogP contribution >= 0.6 is 0 Å². The van der Waals surface area contributed by atoms with Crippen molar-refractivity contribution in [1.82, 2.24) is 0 Å². The third kappa shape index (κ3) is 2.55. The number of esters is 2. The van der Waals surface area contributed by atoms with Crippen LogP contribution in [0.2, 0.25) is 0 Å². The Balaban J connectivity index is 2.89. The van der Waals surface area contributed by atoms with Gasteiger partial charge in [0.25, 0.3) is 0 Å². The molecule has 0 saturated carbocycles. The third-order valence-electron chi connectivity index (χ3n) is 1.59. The van der Waals surface area contributed by atoms with Gasteiger partial charge in [-0.1, -0.05) is 24.8 Å². The van der Waals surface area contributed by atoms with E-state index in [0.717, 1.165) is 5.56 Å². The van der Waals surface area contributed by atoms with Gasteiger partial charge in [0.15, 0.2) is 0 Å². The first-order chi connectivity index (χ1) is 6.63. The van der Waals surface area contributed by atoms with Crippen molar-refractivity contribution in [3.63, 3.8) is 0 Å². The molecule has 0 bridgehead atoms. The summed E-state index contributed by atoms with van der Waals surface area (Å²) < 4.78 is 4.42. The lowest BCUT2D eigenvalue weighted by atomic mass is 10.1. The van der Waals surface area contributed by atoms with Crippen molar-refractivity contribution in [3.8, 4) is 0 Å². The molecule has 0 spiro atoms. The highest BCUT2D eigenvalue weighted by Gasteiger charge is 2.08. The molecule has 0 aliphatic carbocycles. The summed E-state index contributed by atoms with van der Waals surface area (Å²) in [6, 6.07) is 6.70. The molecule has 0 saturated heterocycles. The van der Waals surface area contributed by atoms with Crippen molar-refractivity contribution >= 4 is 18.0 Å². The van der Waals surface area contributed by atoms with Crippen LogP contribution in [-0.4, -0.2) is 11.9 Å². The van der Waals surface area contributed by atoms with Gasteiger partial charge in [-0.2, -0.15) is 0 Å². The van der Waals surface area contributed by atoms with E-state index in [1.807, 2.05) is 0 Å². The molecule has 14 heavy (non-hydrogen) atoms. The van der Waals surface area contributed by atoms with Gasteiger partial charge in [0, 0.05) is 6.92 Å². The van der Waals surface area contributed by atoms with Crippen molar-refractivity contribution in [2.45, 2.75) is 6.92 Å². The SMILES string of the molecule is C=Cc1cccc(C(=O)OC(C)=O)c1. The lowest BCUT2D eigenvalue weighted by Gasteiger charge is -2.00. The first-order valence-corrected chi connectivity index (χ1v) is 4.08. The summed E-state index contributed by atoms with van der Waals surface area (Å²) in [5.41, 5.74) is 1.15. The summed E-state index contributed by atoms with van der Waals surface area (Å²) in [6.45, 7) is 4.76. The zero-order valence-corrected chi connectivity index (χ0v) is 7.82. The Bertz CT molecular complexity index is 380. The van der Waals surface area contributed by atoms with Crippen LogP contribution in [0.3, 0.4) is 0 Å². The lowest BCUT2D eigenvalue weighted by Crippen LogP contribution is -2.09. The average Bonchev–Trinajstić information content (AvgIpc) is 2.17. The zero-order valence-electron chi connectivity index (χ0n) is 7.82. The number of benzene rings is 1. The second-order valence-corrected chi connectivity index (χ2v) is 2.71. The summed E-state index contributed by atoms with van der Waals surface area (Å²) in [7, 11) is 0. The summed E-state index contributed by atoms with van der Waals surface area (Å²) in [5, 5.41) is 0. The first-order valence-electron chi connectivity index (χ1n) is 4.08. The highest BCUT2D eigenvalue weighted by atomic mass is 16.6. The molecule has 1 rings (SSSR count). The van der Waals surface area contributed by atoms with Gasteiger partial charge in [-0.15, -0.1) is 0 Å². The lowest BCUT2D eigenvalue weighted by molar-refractivity contribution is -0.135. The summed E-state index contributed by atoms with van der Waals surface area (Å²) >= 11 is 0. The van der Waals surface area contributed by atoms with Crippen LogP contribution in [0.1, 0.15) is 22.8 Å². The van der Waals surface area contributed by atoms with Crippen LogP contribution in [0, 0.1) is 0 Å². The molecule has 0 aliphatic heterocycles. The molecule has 0 radical (unpaired) electrons. The number of hydrogen-bond donors (Lipinski definition) is 0. The standard InChI is InChI=1S/C11H10O3/c1-3-9-5-4-6-10(7-9)11(13)14-8(2)12/h3-7H,1H2,2H3.